The first-order chi connectivity index (χ1) is 9.85. The molecule has 0 saturated heterocycles. The van der Waals surface area contributed by atoms with Crippen LogP contribution in [0.25, 0.3) is 0 Å². The molecule has 8 nitrogen and oxygen atoms in total. The Kier molecular flexibility index (Phi) is 3.80. The summed E-state index contributed by atoms with van der Waals surface area (Å²) in [6.45, 7) is 0. The number of rotatable bonds is 5. The molecule has 0 amide bonds. The van der Waals surface area contributed by atoms with Crippen LogP contribution in [0.5, 0.6) is 5.75 Å². The van der Waals surface area contributed by atoms with E-state index >= 15 is 0 Å². The molecule has 0 spiro atoms. The lowest BCUT2D eigenvalue weighted by atomic mass is 10.3. The number of carboxylic acids is 1. The number of halogens is 1. The third kappa shape index (κ3) is 2.94. The summed E-state index contributed by atoms with van der Waals surface area (Å²) in [7, 11) is -3.00. The highest BCUT2D eigenvalue weighted by Gasteiger charge is 2.25. The molecule has 3 N–H and O–H groups in total. The Morgan fingerprint density at radius 1 is 1.48 bits per heavy atom. The average Bonchev–Trinajstić information content (AvgIpc) is 2.91. The largest absolute Gasteiger partial charge is 0.494 e. The van der Waals surface area contributed by atoms with Crippen LogP contribution in [0.3, 0.4) is 0 Å². The maximum Gasteiger partial charge on any atom is 0.340 e. The van der Waals surface area contributed by atoms with Crippen molar-refractivity contribution >= 4 is 21.7 Å². The van der Waals surface area contributed by atoms with Gasteiger partial charge in [-0.05, 0) is 12.1 Å². The van der Waals surface area contributed by atoms with Crippen molar-refractivity contribution in [3.05, 3.63) is 35.8 Å². The highest BCUT2D eigenvalue weighted by atomic mass is 32.2. The SMILES string of the molecule is COc1cc(F)ccc1NS(=O)(=O)c1[nH]ncc1C(=O)O. The zero-order chi connectivity index (χ0) is 15.6. The molecule has 1 heterocycles. The first kappa shape index (κ1) is 14.8. The number of nitrogens with one attached hydrogen (secondary N) is 2. The summed E-state index contributed by atoms with van der Waals surface area (Å²) in [5, 5.41) is 13.8. The number of nitrogens with zero attached hydrogens (tertiary/aromatic N) is 1. The number of benzene rings is 1. The third-order valence-electron chi connectivity index (χ3n) is 2.51. The van der Waals surface area contributed by atoms with Crippen LogP contribution in [0.4, 0.5) is 10.1 Å². The van der Waals surface area contributed by atoms with Gasteiger partial charge in [0.15, 0.2) is 5.03 Å². The molecule has 0 aliphatic heterocycles. The lowest BCUT2D eigenvalue weighted by Gasteiger charge is -2.11. The molecule has 2 aromatic rings. The Hall–Kier alpha value is -2.62. The van der Waals surface area contributed by atoms with Crippen LogP contribution in [0.2, 0.25) is 0 Å². The predicted molar refractivity (Wildman–Crippen MR) is 69.3 cm³/mol. The highest BCUT2D eigenvalue weighted by Crippen LogP contribution is 2.27. The van der Waals surface area contributed by atoms with Gasteiger partial charge >= 0.3 is 5.97 Å². The van der Waals surface area contributed by atoms with Gasteiger partial charge in [0.25, 0.3) is 10.0 Å². The number of aromatic amines is 1. The van der Waals surface area contributed by atoms with Gasteiger partial charge < -0.3 is 9.84 Å². The van der Waals surface area contributed by atoms with Crippen LogP contribution >= 0.6 is 0 Å². The van der Waals surface area contributed by atoms with Gasteiger partial charge in [-0.15, -0.1) is 0 Å². The van der Waals surface area contributed by atoms with E-state index in [4.69, 9.17) is 9.84 Å². The second-order valence-corrected chi connectivity index (χ2v) is 5.49. The first-order valence-electron chi connectivity index (χ1n) is 5.48. The lowest BCUT2D eigenvalue weighted by Crippen LogP contribution is -2.17. The van der Waals surface area contributed by atoms with Crippen LogP contribution in [-0.2, 0) is 10.0 Å². The summed E-state index contributed by atoms with van der Waals surface area (Å²) >= 11 is 0. The minimum Gasteiger partial charge on any atom is -0.494 e. The Balaban J connectivity index is 2.42. The molecule has 0 aliphatic rings. The first-order valence-corrected chi connectivity index (χ1v) is 6.96. The molecule has 0 fully saturated rings. The number of aromatic nitrogens is 2. The van der Waals surface area contributed by atoms with E-state index in [1.54, 1.807) is 0 Å². The van der Waals surface area contributed by atoms with E-state index in [1.165, 1.54) is 7.11 Å². The van der Waals surface area contributed by atoms with Crippen LogP contribution in [-0.4, -0.2) is 36.8 Å². The number of anilines is 1. The van der Waals surface area contributed by atoms with E-state index < -0.39 is 32.4 Å². The smallest absolute Gasteiger partial charge is 0.340 e. The van der Waals surface area contributed by atoms with E-state index in [2.05, 4.69) is 14.9 Å². The molecule has 10 heteroatoms. The zero-order valence-corrected chi connectivity index (χ0v) is 11.4. The summed E-state index contributed by atoms with van der Waals surface area (Å²) in [5.74, 6) is -2.10. The number of carboxylic acid groups (broad SMARTS) is 1. The Morgan fingerprint density at radius 3 is 2.81 bits per heavy atom. The van der Waals surface area contributed by atoms with Crippen molar-refractivity contribution in [1.29, 1.82) is 0 Å². The van der Waals surface area contributed by atoms with Crippen LogP contribution in [0, 0.1) is 5.82 Å². The fourth-order valence-electron chi connectivity index (χ4n) is 1.58. The normalized spacial score (nSPS) is 11.1. The molecule has 0 aliphatic carbocycles. The van der Waals surface area contributed by atoms with Crippen molar-refractivity contribution in [3.8, 4) is 5.75 Å². The second kappa shape index (κ2) is 5.40. The summed E-state index contributed by atoms with van der Waals surface area (Å²) in [6, 6.07) is 3.18. The number of aromatic carboxylic acids is 1. The van der Waals surface area contributed by atoms with Gasteiger partial charge in [0.1, 0.15) is 17.1 Å². The zero-order valence-electron chi connectivity index (χ0n) is 10.6. The molecular formula is C11H10FN3O5S. The van der Waals surface area contributed by atoms with E-state index in [0.717, 1.165) is 24.4 Å². The number of ether oxygens (including phenoxy) is 1. The van der Waals surface area contributed by atoms with Gasteiger partial charge in [-0.1, -0.05) is 0 Å². The molecule has 0 atom stereocenters. The number of H-pyrrole nitrogens is 1. The van der Waals surface area contributed by atoms with Crippen LogP contribution in [0.15, 0.2) is 29.4 Å². The summed E-state index contributed by atoms with van der Waals surface area (Å²) in [4.78, 5) is 10.9. The van der Waals surface area contributed by atoms with Crippen molar-refractivity contribution in [2.24, 2.45) is 0 Å². The molecule has 0 radical (unpaired) electrons. The molecular weight excluding hydrogens is 305 g/mol. The molecule has 112 valence electrons. The monoisotopic (exact) mass is 315 g/mol. The fraction of sp³-hybridized carbons (Fsp3) is 0.0909. The Bertz CT molecular complexity index is 787. The predicted octanol–water partition coefficient (Wildman–Crippen LogP) is 1.06. The molecule has 0 saturated carbocycles. The molecule has 0 unspecified atom stereocenters. The molecule has 2 rings (SSSR count). The van der Waals surface area contributed by atoms with Crippen molar-refractivity contribution in [2.45, 2.75) is 5.03 Å². The topological polar surface area (TPSA) is 121 Å². The van der Waals surface area contributed by atoms with Gasteiger partial charge in [0, 0.05) is 6.07 Å². The molecule has 1 aromatic carbocycles. The Morgan fingerprint density at radius 2 is 2.19 bits per heavy atom. The standard InChI is InChI=1S/C11H10FN3O5S/c1-20-9-4-6(12)2-3-8(9)15-21(18,19)10-7(11(16)17)5-13-14-10/h2-5,15H,1H3,(H,13,14)(H,16,17). The summed E-state index contributed by atoms with van der Waals surface area (Å²) < 4.78 is 44.3. The second-order valence-electron chi connectivity index (χ2n) is 3.87. The van der Waals surface area contributed by atoms with Crippen LogP contribution in [0.1, 0.15) is 10.4 Å². The van der Waals surface area contributed by atoms with Crippen molar-refractivity contribution in [1.82, 2.24) is 10.2 Å². The van der Waals surface area contributed by atoms with Gasteiger partial charge in [-0.25, -0.2) is 9.18 Å². The number of carbonyl (C=O) groups is 1. The molecule has 0 bridgehead atoms. The van der Waals surface area contributed by atoms with E-state index in [9.17, 15) is 17.6 Å². The number of hydrogen-bond acceptors (Lipinski definition) is 5. The summed E-state index contributed by atoms with van der Waals surface area (Å²) in [6.07, 6.45) is 0.874. The number of methoxy groups -OCH3 is 1. The molecule has 21 heavy (non-hydrogen) atoms. The summed E-state index contributed by atoms with van der Waals surface area (Å²) in [5.41, 5.74) is -0.548. The minimum absolute atomic E-state index is 0.0372. The highest BCUT2D eigenvalue weighted by molar-refractivity contribution is 7.92. The maximum absolute atomic E-state index is 13.1. The molecule has 1 aromatic heterocycles. The quantitative estimate of drug-likeness (QED) is 0.758. The maximum atomic E-state index is 13.1. The fourth-order valence-corrected chi connectivity index (χ4v) is 2.74. The van der Waals surface area contributed by atoms with Gasteiger partial charge in [0.05, 0.1) is 19.0 Å². The lowest BCUT2D eigenvalue weighted by molar-refractivity contribution is 0.0692. The number of sulfonamides is 1. The van der Waals surface area contributed by atoms with Gasteiger partial charge in [0.2, 0.25) is 0 Å². The van der Waals surface area contributed by atoms with Crippen molar-refractivity contribution in [3.63, 3.8) is 0 Å². The van der Waals surface area contributed by atoms with Crippen molar-refractivity contribution < 1.29 is 27.4 Å². The van der Waals surface area contributed by atoms with Gasteiger partial charge in [-0.3, -0.25) is 9.82 Å². The van der Waals surface area contributed by atoms with Gasteiger partial charge in [-0.2, -0.15) is 13.5 Å². The Labute approximate surface area is 118 Å². The van der Waals surface area contributed by atoms with Crippen molar-refractivity contribution in [2.75, 3.05) is 11.8 Å². The van der Waals surface area contributed by atoms with E-state index in [-0.39, 0.29) is 11.4 Å². The van der Waals surface area contributed by atoms with Crippen LogP contribution < -0.4 is 9.46 Å². The minimum atomic E-state index is -4.24. The van der Waals surface area contributed by atoms with E-state index in [1.807, 2.05) is 0 Å². The number of hydrogen-bond donors (Lipinski definition) is 3. The van der Waals surface area contributed by atoms with E-state index in [0.29, 0.717) is 0 Å². The third-order valence-corrected chi connectivity index (χ3v) is 3.85. The average molecular weight is 315 g/mol.